The number of aliphatic imine (C=N–C) groups is 1. The molecule has 25 heavy (non-hydrogen) atoms. The third kappa shape index (κ3) is 3.85. The van der Waals surface area contributed by atoms with Crippen molar-refractivity contribution in [1.82, 2.24) is 5.32 Å². The van der Waals surface area contributed by atoms with Crippen LogP contribution in [0.5, 0.6) is 0 Å². The van der Waals surface area contributed by atoms with Gasteiger partial charge in [-0.05, 0) is 60.5 Å². The average molecular weight is 372 g/mol. The fourth-order valence-electron chi connectivity index (χ4n) is 3.02. The number of hydrogen-bond donors (Lipinski definition) is 1. The number of thiophene rings is 1. The molecule has 128 valence electrons. The fourth-order valence-corrected chi connectivity index (χ4v) is 4.93. The van der Waals surface area contributed by atoms with E-state index in [1.54, 1.807) is 23.5 Å². The maximum Gasteiger partial charge on any atom is 0.264 e. The maximum absolute atomic E-state index is 13.0. The van der Waals surface area contributed by atoms with Gasteiger partial charge in [-0.3, -0.25) is 9.79 Å². The van der Waals surface area contributed by atoms with Gasteiger partial charge in [0.25, 0.3) is 5.91 Å². The Morgan fingerprint density at radius 3 is 2.64 bits per heavy atom. The van der Waals surface area contributed by atoms with Gasteiger partial charge in [-0.1, -0.05) is 25.0 Å². The standard InChI is InChI=1S/C19H17FN2OS2/c20-13-7-5-12(6-8-13)16-10-9-15(24-16)11-17-18(23)22-19(25-17)21-14-3-1-2-4-14/h5-11,14H,1-4H2,(H,21,22,23)/b17-11-. The molecule has 1 aliphatic heterocycles. The molecule has 1 amide bonds. The number of halogens is 1. The molecule has 0 bridgehead atoms. The minimum atomic E-state index is -0.240. The molecule has 0 unspecified atom stereocenters. The first kappa shape index (κ1) is 16.5. The molecule has 1 aromatic heterocycles. The van der Waals surface area contributed by atoms with Crippen LogP contribution in [-0.2, 0) is 4.79 Å². The second-order valence-electron chi connectivity index (χ2n) is 6.15. The summed E-state index contributed by atoms with van der Waals surface area (Å²) in [7, 11) is 0. The molecule has 2 heterocycles. The van der Waals surface area contributed by atoms with Gasteiger partial charge in [0.15, 0.2) is 5.17 Å². The SMILES string of the molecule is O=C1NC(=NC2CCCC2)S/C1=C\c1ccc(-c2ccc(F)cc2)s1. The largest absolute Gasteiger partial charge is 0.301 e. The Morgan fingerprint density at radius 1 is 1.12 bits per heavy atom. The van der Waals surface area contributed by atoms with Crippen molar-refractivity contribution in [3.05, 3.63) is 52.0 Å². The molecule has 1 saturated carbocycles. The fraction of sp³-hybridized carbons (Fsp3) is 0.263. The summed E-state index contributed by atoms with van der Waals surface area (Å²) in [6, 6.07) is 10.8. The van der Waals surface area contributed by atoms with Crippen molar-refractivity contribution in [2.24, 2.45) is 4.99 Å². The number of nitrogens with zero attached hydrogens (tertiary/aromatic N) is 1. The quantitative estimate of drug-likeness (QED) is 0.766. The minimum Gasteiger partial charge on any atom is -0.301 e. The van der Waals surface area contributed by atoms with E-state index in [-0.39, 0.29) is 11.7 Å². The van der Waals surface area contributed by atoms with Gasteiger partial charge < -0.3 is 5.32 Å². The lowest BCUT2D eigenvalue weighted by Gasteiger charge is -2.02. The minimum absolute atomic E-state index is 0.0847. The lowest BCUT2D eigenvalue weighted by molar-refractivity contribution is -0.115. The molecule has 3 nitrogen and oxygen atoms in total. The van der Waals surface area contributed by atoms with Gasteiger partial charge in [0.2, 0.25) is 0 Å². The smallest absolute Gasteiger partial charge is 0.264 e. The average Bonchev–Trinajstić information content (AvgIpc) is 3.32. The van der Waals surface area contributed by atoms with Crippen LogP contribution in [0.25, 0.3) is 16.5 Å². The Kier molecular flexibility index (Phi) is 4.72. The van der Waals surface area contributed by atoms with Crippen LogP contribution in [0.2, 0.25) is 0 Å². The predicted molar refractivity (Wildman–Crippen MR) is 103 cm³/mol. The van der Waals surface area contributed by atoms with Crippen molar-refractivity contribution in [1.29, 1.82) is 0 Å². The van der Waals surface area contributed by atoms with Gasteiger partial charge in [-0.25, -0.2) is 4.39 Å². The van der Waals surface area contributed by atoms with E-state index < -0.39 is 0 Å². The van der Waals surface area contributed by atoms with Crippen LogP contribution in [0.3, 0.4) is 0 Å². The van der Waals surface area contributed by atoms with E-state index in [2.05, 4.69) is 10.3 Å². The van der Waals surface area contributed by atoms with Crippen LogP contribution in [-0.4, -0.2) is 17.1 Å². The molecule has 1 aromatic carbocycles. The van der Waals surface area contributed by atoms with Crippen LogP contribution >= 0.6 is 23.1 Å². The van der Waals surface area contributed by atoms with Crippen LogP contribution in [0, 0.1) is 5.82 Å². The molecule has 0 radical (unpaired) electrons. The number of amidine groups is 1. The van der Waals surface area contributed by atoms with Crippen molar-refractivity contribution < 1.29 is 9.18 Å². The number of carbonyl (C=O) groups excluding carboxylic acids is 1. The van der Waals surface area contributed by atoms with E-state index in [4.69, 9.17) is 0 Å². The number of rotatable bonds is 3. The second kappa shape index (κ2) is 7.14. The van der Waals surface area contributed by atoms with E-state index in [9.17, 15) is 9.18 Å². The van der Waals surface area contributed by atoms with Gasteiger partial charge in [0, 0.05) is 9.75 Å². The number of carbonyl (C=O) groups is 1. The third-order valence-corrected chi connectivity index (χ3v) is 6.31. The zero-order valence-electron chi connectivity index (χ0n) is 13.5. The zero-order chi connectivity index (χ0) is 17.2. The number of nitrogens with one attached hydrogen (secondary N) is 1. The van der Waals surface area contributed by atoms with E-state index in [1.165, 1.54) is 36.7 Å². The van der Waals surface area contributed by atoms with E-state index in [0.29, 0.717) is 10.9 Å². The first-order valence-electron chi connectivity index (χ1n) is 8.32. The first-order valence-corrected chi connectivity index (χ1v) is 9.95. The molecule has 2 fully saturated rings. The zero-order valence-corrected chi connectivity index (χ0v) is 15.1. The molecule has 0 spiro atoms. The van der Waals surface area contributed by atoms with Crippen molar-refractivity contribution in [3.63, 3.8) is 0 Å². The predicted octanol–water partition coefficient (Wildman–Crippen LogP) is 5.06. The van der Waals surface area contributed by atoms with Crippen LogP contribution in [0.15, 0.2) is 46.3 Å². The summed E-state index contributed by atoms with van der Waals surface area (Å²) in [6.07, 6.45) is 6.58. The van der Waals surface area contributed by atoms with Crippen LogP contribution in [0.4, 0.5) is 4.39 Å². The topological polar surface area (TPSA) is 41.5 Å². The number of benzene rings is 1. The van der Waals surface area contributed by atoms with E-state index in [1.807, 2.05) is 18.2 Å². The summed E-state index contributed by atoms with van der Waals surface area (Å²) in [6.45, 7) is 0. The highest BCUT2D eigenvalue weighted by atomic mass is 32.2. The second-order valence-corrected chi connectivity index (χ2v) is 8.29. The first-order chi connectivity index (χ1) is 12.2. The van der Waals surface area contributed by atoms with E-state index >= 15 is 0 Å². The Labute approximate surface area is 154 Å². The number of hydrogen-bond acceptors (Lipinski definition) is 4. The molecule has 0 atom stereocenters. The monoisotopic (exact) mass is 372 g/mol. The highest BCUT2D eigenvalue weighted by Gasteiger charge is 2.25. The maximum atomic E-state index is 13.0. The summed E-state index contributed by atoms with van der Waals surface area (Å²) in [5.74, 6) is -0.325. The molecule has 2 aromatic rings. The summed E-state index contributed by atoms with van der Waals surface area (Å²) in [5.41, 5.74) is 0.975. The van der Waals surface area contributed by atoms with Gasteiger partial charge >= 0.3 is 0 Å². The highest BCUT2D eigenvalue weighted by molar-refractivity contribution is 8.18. The molecule has 1 saturated heterocycles. The summed E-state index contributed by atoms with van der Waals surface area (Å²) < 4.78 is 13.0. The molecular weight excluding hydrogens is 355 g/mol. The Hall–Kier alpha value is -1.92. The van der Waals surface area contributed by atoms with Gasteiger partial charge in [0.1, 0.15) is 5.82 Å². The Morgan fingerprint density at radius 2 is 1.88 bits per heavy atom. The van der Waals surface area contributed by atoms with Crippen LogP contribution < -0.4 is 5.32 Å². The normalized spacial score (nSPS) is 21.4. The Balaban J connectivity index is 1.51. The summed E-state index contributed by atoms with van der Waals surface area (Å²) >= 11 is 3.00. The lowest BCUT2D eigenvalue weighted by atomic mass is 10.2. The van der Waals surface area contributed by atoms with Crippen molar-refractivity contribution in [2.75, 3.05) is 0 Å². The van der Waals surface area contributed by atoms with Crippen molar-refractivity contribution in [2.45, 2.75) is 31.7 Å². The highest BCUT2D eigenvalue weighted by Crippen LogP contribution is 2.33. The summed E-state index contributed by atoms with van der Waals surface area (Å²) in [5, 5.41) is 3.59. The molecule has 6 heteroatoms. The van der Waals surface area contributed by atoms with Crippen molar-refractivity contribution >= 4 is 40.2 Å². The molecule has 1 N–H and O–H groups in total. The summed E-state index contributed by atoms with van der Waals surface area (Å²) in [4.78, 5) is 19.5. The van der Waals surface area contributed by atoms with Crippen molar-refractivity contribution in [3.8, 4) is 10.4 Å². The van der Waals surface area contributed by atoms with Gasteiger partial charge in [0.05, 0.1) is 10.9 Å². The molecule has 2 aliphatic rings. The third-order valence-electron chi connectivity index (χ3n) is 4.30. The van der Waals surface area contributed by atoms with E-state index in [0.717, 1.165) is 33.3 Å². The van der Waals surface area contributed by atoms with Gasteiger partial charge in [-0.2, -0.15) is 0 Å². The number of amides is 1. The molecule has 4 rings (SSSR count). The van der Waals surface area contributed by atoms with Gasteiger partial charge in [-0.15, -0.1) is 11.3 Å². The number of thioether (sulfide) groups is 1. The lowest BCUT2D eigenvalue weighted by Crippen LogP contribution is -2.21. The van der Waals surface area contributed by atoms with Crippen LogP contribution in [0.1, 0.15) is 30.6 Å². The molecule has 1 aliphatic carbocycles. The molecular formula is C19H17FN2OS2. The Bertz CT molecular complexity index is 849.